The van der Waals surface area contributed by atoms with Crippen LogP contribution in [0, 0.1) is 0 Å². The highest BCUT2D eigenvalue weighted by Gasteiger charge is 2.32. The molecule has 2 N–H and O–H groups in total. The SMILES string of the molecule is CCOc1ccc(NC(=O)CNC(=O)C(c2ccccc2)N2CCCCC2=O)cc1. The molecule has 1 unspecified atom stereocenters. The number of carbonyl (C=O) groups excluding carboxylic acids is 3. The number of piperidine rings is 1. The zero-order valence-electron chi connectivity index (χ0n) is 17.1. The van der Waals surface area contributed by atoms with Crippen LogP contribution in [-0.4, -0.2) is 42.3 Å². The maximum Gasteiger partial charge on any atom is 0.247 e. The molecule has 1 aliphatic heterocycles. The van der Waals surface area contributed by atoms with E-state index < -0.39 is 6.04 Å². The van der Waals surface area contributed by atoms with Crippen LogP contribution in [0.5, 0.6) is 5.75 Å². The molecule has 1 fully saturated rings. The van der Waals surface area contributed by atoms with Gasteiger partial charge < -0.3 is 20.3 Å². The molecule has 3 rings (SSSR count). The standard InChI is InChI=1S/C23H27N3O4/c1-2-30-19-13-11-18(12-14-19)25-20(27)16-24-23(29)22(17-8-4-3-5-9-17)26-15-7-6-10-21(26)28/h3-5,8-9,11-14,22H,2,6-7,10,15-16H2,1H3,(H,24,29)(H,25,27). The lowest BCUT2D eigenvalue weighted by Gasteiger charge is -2.34. The average molecular weight is 409 g/mol. The van der Waals surface area contributed by atoms with Gasteiger partial charge in [0.15, 0.2) is 0 Å². The highest BCUT2D eigenvalue weighted by atomic mass is 16.5. The highest BCUT2D eigenvalue weighted by Crippen LogP contribution is 2.25. The Bertz CT molecular complexity index is 868. The molecule has 2 aromatic carbocycles. The normalized spacial score (nSPS) is 14.7. The molecule has 0 aromatic heterocycles. The van der Waals surface area contributed by atoms with E-state index in [-0.39, 0.29) is 24.3 Å². The third-order valence-electron chi connectivity index (χ3n) is 4.91. The summed E-state index contributed by atoms with van der Waals surface area (Å²) in [7, 11) is 0. The van der Waals surface area contributed by atoms with Crippen molar-refractivity contribution < 1.29 is 19.1 Å². The van der Waals surface area contributed by atoms with E-state index in [4.69, 9.17) is 4.74 Å². The fourth-order valence-corrected chi connectivity index (χ4v) is 3.48. The molecule has 1 saturated heterocycles. The molecule has 1 heterocycles. The van der Waals surface area contributed by atoms with Gasteiger partial charge >= 0.3 is 0 Å². The monoisotopic (exact) mass is 409 g/mol. The van der Waals surface area contributed by atoms with Crippen LogP contribution in [0.15, 0.2) is 54.6 Å². The summed E-state index contributed by atoms with van der Waals surface area (Å²) in [5, 5.41) is 5.43. The molecular weight excluding hydrogens is 382 g/mol. The average Bonchev–Trinajstić information content (AvgIpc) is 2.76. The Morgan fingerprint density at radius 1 is 1.07 bits per heavy atom. The first kappa shape index (κ1) is 21.4. The molecule has 7 heteroatoms. The van der Waals surface area contributed by atoms with Gasteiger partial charge in [0, 0.05) is 18.7 Å². The van der Waals surface area contributed by atoms with Crippen LogP contribution in [0.4, 0.5) is 5.69 Å². The molecule has 2 aromatic rings. The molecule has 158 valence electrons. The molecule has 0 aliphatic carbocycles. The van der Waals surface area contributed by atoms with E-state index in [0.717, 1.165) is 24.2 Å². The van der Waals surface area contributed by atoms with Crippen LogP contribution in [0.2, 0.25) is 0 Å². The molecule has 1 aliphatic rings. The molecule has 0 bridgehead atoms. The number of rotatable bonds is 8. The summed E-state index contributed by atoms with van der Waals surface area (Å²) in [4.78, 5) is 39.3. The number of hydrogen-bond acceptors (Lipinski definition) is 4. The van der Waals surface area contributed by atoms with Crippen molar-refractivity contribution in [3.63, 3.8) is 0 Å². The second-order valence-corrected chi connectivity index (χ2v) is 7.08. The van der Waals surface area contributed by atoms with Gasteiger partial charge in [-0.2, -0.15) is 0 Å². The van der Waals surface area contributed by atoms with Crippen LogP contribution in [0.3, 0.4) is 0 Å². The van der Waals surface area contributed by atoms with Crippen LogP contribution in [-0.2, 0) is 14.4 Å². The summed E-state index contributed by atoms with van der Waals surface area (Å²) < 4.78 is 5.38. The Hall–Kier alpha value is -3.35. The second kappa shape index (κ2) is 10.4. The molecule has 1 atom stereocenters. The predicted octanol–water partition coefficient (Wildman–Crippen LogP) is 2.89. The minimum Gasteiger partial charge on any atom is -0.494 e. The lowest BCUT2D eigenvalue weighted by atomic mass is 10.0. The summed E-state index contributed by atoms with van der Waals surface area (Å²) in [6.07, 6.45) is 2.14. The summed E-state index contributed by atoms with van der Waals surface area (Å²) in [6, 6.07) is 15.5. The zero-order valence-corrected chi connectivity index (χ0v) is 17.1. The maximum absolute atomic E-state index is 13.0. The van der Waals surface area contributed by atoms with Crippen molar-refractivity contribution >= 4 is 23.4 Å². The Morgan fingerprint density at radius 2 is 1.80 bits per heavy atom. The minimum atomic E-state index is -0.739. The van der Waals surface area contributed by atoms with Crippen molar-refractivity contribution in [1.82, 2.24) is 10.2 Å². The van der Waals surface area contributed by atoms with Crippen molar-refractivity contribution in [2.75, 3.05) is 25.0 Å². The van der Waals surface area contributed by atoms with Gasteiger partial charge in [-0.15, -0.1) is 0 Å². The Balaban J connectivity index is 1.62. The number of likely N-dealkylation sites (tertiary alicyclic amines) is 1. The Labute approximate surface area is 176 Å². The lowest BCUT2D eigenvalue weighted by molar-refractivity contribution is -0.142. The van der Waals surface area contributed by atoms with E-state index in [2.05, 4.69) is 10.6 Å². The Morgan fingerprint density at radius 3 is 2.47 bits per heavy atom. The predicted molar refractivity (Wildman–Crippen MR) is 114 cm³/mol. The molecule has 30 heavy (non-hydrogen) atoms. The van der Waals surface area contributed by atoms with Gasteiger partial charge in [-0.05, 0) is 49.6 Å². The lowest BCUT2D eigenvalue weighted by Crippen LogP contribution is -2.47. The Kier molecular flexibility index (Phi) is 7.43. The smallest absolute Gasteiger partial charge is 0.247 e. The van der Waals surface area contributed by atoms with Crippen molar-refractivity contribution in [3.8, 4) is 5.75 Å². The maximum atomic E-state index is 13.0. The number of nitrogens with zero attached hydrogens (tertiary/aromatic N) is 1. The fraction of sp³-hybridized carbons (Fsp3) is 0.348. The van der Waals surface area contributed by atoms with E-state index >= 15 is 0 Å². The molecule has 0 spiro atoms. The molecular formula is C23H27N3O4. The van der Waals surface area contributed by atoms with Crippen LogP contribution in [0.25, 0.3) is 0 Å². The summed E-state index contributed by atoms with van der Waals surface area (Å²) in [5.74, 6) is -0.0209. The number of nitrogens with one attached hydrogen (secondary N) is 2. The zero-order chi connectivity index (χ0) is 21.3. The number of ether oxygens (including phenoxy) is 1. The van der Waals surface area contributed by atoms with E-state index in [1.165, 1.54) is 0 Å². The molecule has 7 nitrogen and oxygen atoms in total. The summed E-state index contributed by atoms with van der Waals surface area (Å²) in [6.45, 7) is 2.82. The largest absolute Gasteiger partial charge is 0.494 e. The number of amides is 3. The fourth-order valence-electron chi connectivity index (χ4n) is 3.48. The number of anilines is 1. The van der Waals surface area contributed by atoms with Crippen LogP contribution >= 0.6 is 0 Å². The van der Waals surface area contributed by atoms with Crippen LogP contribution in [0.1, 0.15) is 37.8 Å². The van der Waals surface area contributed by atoms with E-state index in [0.29, 0.717) is 25.3 Å². The van der Waals surface area contributed by atoms with Gasteiger partial charge in [0.05, 0.1) is 13.2 Å². The van der Waals surface area contributed by atoms with E-state index in [1.807, 2.05) is 37.3 Å². The number of hydrogen-bond donors (Lipinski definition) is 2. The molecule has 3 amide bonds. The van der Waals surface area contributed by atoms with Gasteiger partial charge in [-0.1, -0.05) is 30.3 Å². The van der Waals surface area contributed by atoms with Gasteiger partial charge in [0.1, 0.15) is 11.8 Å². The first-order valence-electron chi connectivity index (χ1n) is 10.2. The minimum absolute atomic E-state index is 0.0379. The number of benzene rings is 2. The van der Waals surface area contributed by atoms with Crippen molar-refractivity contribution in [3.05, 3.63) is 60.2 Å². The van der Waals surface area contributed by atoms with Crippen molar-refractivity contribution in [2.45, 2.75) is 32.2 Å². The third-order valence-corrected chi connectivity index (χ3v) is 4.91. The van der Waals surface area contributed by atoms with E-state index in [1.54, 1.807) is 29.2 Å². The quantitative estimate of drug-likeness (QED) is 0.702. The first-order chi connectivity index (χ1) is 14.6. The van der Waals surface area contributed by atoms with Crippen molar-refractivity contribution in [2.24, 2.45) is 0 Å². The second-order valence-electron chi connectivity index (χ2n) is 7.08. The first-order valence-corrected chi connectivity index (χ1v) is 10.2. The topological polar surface area (TPSA) is 87.7 Å². The number of carbonyl (C=O) groups is 3. The third kappa shape index (κ3) is 5.59. The molecule has 0 radical (unpaired) electrons. The van der Waals surface area contributed by atoms with Gasteiger partial charge in [0.2, 0.25) is 17.7 Å². The van der Waals surface area contributed by atoms with Gasteiger partial charge in [-0.3, -0.25) is 14.4 Å². The highest BCUT2D eigenvalue weighted by molar-refractivity contribution is 5.96. The van der Waals surface area contributed by atoms with Crippen molar-refractivity contribution in [1.29, 1.82) is 0 Å². The van der Waals surface area contributed by atoms with E-state index in [9.17, 15) is 14.4 Å². The summed E-state index contributed by atoms with van der Waals surface area (Å²) in [5.41, 5.74) is 1.35. The summed E-state index contributed by atoms with van der Waals surface area (Å²) >= 11 is 0. The van der Waals surface area contributed by atoms with Crippen LogP contribution < -0.4 is 15.4 Å². The van der Waals surface area contributed by atoms with Gasteiger partial charge in [-0.25, -0.2) is 0 Å². The van der Waals surface area contributed by atoms with Gasteiger partial charge in [0.25, 0.3) is 0 Å². The molecule has 0 saturated carbocycles.